The number of nitrogens with two attached hydrogens (primary N) is 1. The van der Waals surface area contributed by atoms with E-state index in [1.807, 2.05) is 6.92 Å². The van der Waals surface area contributed by atoms with E-state index >= 15 is 0 Å². The van der Waals surface area contributed by atoms with Crippen LogP contribution in [0.25, 0.3) is 0 Å². The summed E-state index contributed by atoms with van der Waals surface area (Å²) in [6.07, 6.45) is 1.56. The quantitative estimate of drug-likeness (QED) is 0.568. The molecular formula is C9H20N2O2. The van der Waals surface area contributed by atoms with Gasteiger partial charge in [0.05, 0.1) is 11.6 Å². The van der Waals surface area contributed by atoms with E-state index in [0.717, 1.165) is 6.42 Å². The Kier molecular flexibility index (Phi) is 4.95. The zero-order valence-corrected chi connectivity index (χ0v) is 8.63. The molecule has 4 heteroatoms. The minimum atomic E-state index is -0.820. The Morgan fingerprint density at radius 1 is 1.69 bits per heavy atom. The predicted molar refractivity (Wildman–Crippen MR) is 52.2 cm³/mol. The molecule has 0 aliphatic heterocycles. The molecule has 0 rings (SSSR count). The van der Waals surface area contributed by atoms with E-state index in [1.54, 1.807) is 13.8 Å². The lowest BCUT2D eigenvalue weighted by Gasteiger charge is -2.23. The van der Waals surface area contributed by atoms with Crippen molar-refractivity contribution in [2.75, 3.05) is 6.54 Å². The summed E-state index contributed by atoms with van der Waals surface area (Å²) >= 11 is 0. The summed E-state index contributed by atoms with van der Waals surface area (Å²) < 4.78 is 0. The van der Waals surface area contributed by atoms with Gasteiger partial charge in [0.25, 0.3) is 0 Å². The highest BCUT2D eigenvalue weighted by Crippen LogP contribution is 2.09. The van der Waals surface area contributed by atoms with Gasteiger partial charge in [-0.3, -0.25) is 4.79 Å². The monoisotopic (exact) mass is 188 g/mol. The maximum Gasteiger partial charge on any atom is 0.236 e. The number of aliphatic hydroxyl groups is 1. The summed E-state index contributed by atoms with van der Waals surface area (Å²) in [5, 5.41) is 12.3. The van der Waals surface area contributed by atoms with Gasteiger partial charge in [-0.1, -0.05) is 13.3 Å². The summed E-state index contributed by atoms with van der Waals surface area (Å²) in [6, 6.07) is -0.516. The number of carbonyl (C=O) groups excluding carboxylic acids is 1. The number of amides is 1. The molecule has 0 spiro atoms. The highest BCUT2D eigenvalue weighted by molar-refractivity contribution is 5.80. The summed E-state index contributed by atoms with van der Waals surface area (Å²) in [6.45, 7) is 5.57. The molecular weight excluding hydrogens is 168 g/mol. The topological polar surface area (TPSA) is 75.3 Å². The van der Waals surface area contributed by atoms with Gasteiger partial charge in [-0.15, -0.1) is 0 Å². The Hall–Kier alpha value is -0.610. The van der Waals surface area contributed by atoms with Crippen LogP contribution in [0.3, 0.4) is 0 Å². The first-order valence-electron chi connectivity index (χ1n) is 4.64. The van der Waals surface area contributed by atoms with E-state index in [1.165, 1.54) is 0 Å². The molecule has 1 unspecified atom stereocenters. The van der Waals surface area contributed by atoms with Crippen LogP contribution in [0, 0.1) is 0 Å². The second-order valence-electron chi connectivity index (χ2n) is 3.75. The van der Waals surface area contributed by atoms with Crippen LogP contribution in [-0.4, -0.2) is 29.2 Å². The first kappa shape index (κ1) is 12.4. The number of hydrogen-bond acceptors (Lipinski definition) is 3. The molecule has 13 heavy (non-hydrogen) atoms. The normalized spacial score (nSPS) is 17.6. The van der Waals surface area contributed by atoms with Crippen LogP contribution in [0.2, 0.25) is 0 Å². The minimum absolute atomic E-state index is 0.226. The Labute approximate surface area is 79.5 Å². The third kappa shape index (κ3) is 5.60. The van der Waals surface area contributed by atoms with E-state index in [4.69, 9.17) is 5.73 Å². The fraction of sp³-hybridized carbons (Fsp3) is 0.889. The molecule has 0 fully saturated rings. The summed E-state index contributed by atoms with van der Waals surface area (Å²) in [4.78, 5) is 11.0. The maximum atomic E-state index is 11.0. The molecule has 0 saturated heterocycles. The third-order valence-corrected chi connectivity index (χ3v) is 1.85. The van der Waals surface area contributed by atoms with Crippen molar-refractivity contribution in [2.45, 2.75) is 45.3 Å². The standard InChI is InChI=1S/C9H20N2O2/c1-4-5-9(3,13)6-11-8(12)7(2)10/h7,13H,4-6,10H2,1-3H3,(H,11,12)/t7-,9?/m0/s1. The second-order valence-corrected chi connectivity index (χ2v) is 3.75. The zero-order chi connectivity index (χ0) is 10.5. The van der Waals surface area contributed by atoms with Crippen molar-refractivity contribution in [1.82, 2.24) is 5.32 Å². The molecule has 0 aromatic rings. The molecule has 0 radical (unpaired) electrons. The average molecular weight is 188 g/mol. The van der Waals surface area contributed by atoms with Crippen LogP contribution in [0.1, 0.15) is 33.6 Å². The Bertz CT molecular complexity index is 167. The first-order chi connectivity index (χ1) is 5.89. The zero-order valence-electron chi connectivity index (χ0n) is 8.63. The van der Waals surface area contributed by atoms with Crippen molar-refractivity contribution < 1.29 is 9.90 Å². The molecule has 0 aromatic heterocycles. The molecule has 0 saturated carbocycles. The smallest absolute Gasteiger partial charge is 0.236 e. The molecule has 4 nitrogen and oxygen atoms in total. The third-order valence-electron chi connectivity index (χ3n) is 1.85. The van der Waals surface area contributed by atoms with Crippen LogP contribution in [0.15, 0.2) is 0 Å². The second kappa shape index (κ2) is 5.19. The number of carbonyl (C=O) groups is 1. The summed E-state index contributed by atoms with van der Waals surface area (Å²) in [5.74, 6) is -0.226. The Balaban J connectivity index is 3.80. The van der Waals surface area contributed by atoms with Gasteiger partial charge in [-0.25, -0.2) is 0 Å². The van der Waals surface area contributed by atoms with E-state index in [2.05, 4.69) is 5.32 Å². The lowest BCUT2D eigenvalue weighted by Crippen LogP contribution is -2.45. The van der Waals surface area contributed by atoms with Crippen molar-refractivity contribution in [1.29, 1.82) is 0 Å². The number of hydrogen-bond donors (Lipinski definition) is 3. The van der Waals surface area contributed by atoms with Gasteiger partial charge in [0.2, 0.25) is 5.91 Å². The van der Waals surface area contributed by atoms with E-state index < -0.39 is 11.6 Å². The van der Waals surface area contributed by atoms with Gasteiger partial charge in [0, 0.05) is 6.54 Å². The van der Waals surface area contributed by atoms with Crippen molar-refractivity contribution in [3.05, 3.63) is 0 Å². The molecule has 0 aliphatic carbocycles. The van der Waals surface area contributed by atoms with Gasteiger partial charge in [0.1, 0.15) is 0 Å². The van der Waals surface area contributed by atoms with Crippen LogP contribution in [-0.2, 0) is 4.79 Å². The van der Waals surface area contributed by atoms with Gasteiger partial charge in [-0.05, 0) is 20.3 Å². The average Bonchev–Trinajstić information content (AvgIpc) is 2.00. The number of rotatable bonds is 5. The molecule has 4 N–H and O–H groups in total. The minimum Gasteiger partial charge on any atom is -0.388 e. The maximum absolute atomic E-state index is 11.0. The lowest BCUT2D eigenvalue weighted by atomic mass is 10.0. The summed E-state index contributed by atoms with van der Waals surface area (Å²) in [5.41, 5.74) is 4.53. The van der Waals surface area contributed by atoms with Crippen LogP contribution >= 0.6 is 0 Å². The lowest BCUT2D eigenvalue weighted by molar-refractivity contribution is -0.123. The fourth-order valence-electron chi connectivity index (χ4n) is 1.07. The number of nitrogens with one attached hydrogen (secondary N) is 1. The molecule has 1 amide bonds. The fourth-order valence-corrected chi connectivity index (χ4v) is 1.07. The largest absolute Gasteiger partial charge is 0.388 e. The van der Waals surface area contributed by atoms with Crippen LogP contribution < -0.4 is 11.1 Å². The molecule has 0 bridgehead atoms. The van der Waals surface area contributed by atoms with Crippen LogP contribution in [0.4, 0.5) is 0 Å². The van der Waals surface area contributed by atoms with Crippen molar-refractivity contribution in [2.24, 2.45) is 5.73 Å². The Morgan fingerprint density at radius 2 is 2.23 bits per heavy atom. The Morgan fingerprint density at radius 3 is 2.62 bits per heavy atom. The molecule has 2 atom stereocenters. The van der Waals surface area contributed by atoms with E-state index in [-0.39, 0.29) is 12.5 Å². The highest BCUT2D eigenvalue weighted by atomic mass is 16.3. The van der Waals surface area contributed by atoms with E-state index in [9.17, 15) is 9.90 Å². The molecule has 0 aromatic carbocycles. The molecule has 0 heterocycles. The van der Waals surface area contributed by atoms with Gasteiger partial charge in [0.15, 0.2) is 0 Å². The summed E-state index contributed by atoms with van der Waals surface area (Å²) in [7, 11) is 0. The van der Waals surface area contributed by atoms with Crippen molar-refractivity contribution in [3.8, 4) is 0 Å². The van der Waals surface area contributed by atoms with Gasteiger partial charge in [-0.2, -0.15) is 0 Å². The first-order valence-corrected chi connectivity index (χ1v) is 4.64. The van der Waals surface area contributed by atoms with Crippen molar-refractivity contribution >= 4 is 5.91 Å². The van der Waals surface area contributed by atoms with Gasteiger partial charge < -0.3 is 16.2 Å². The SMILES string of the molecule is CCCC(C)(O)CNC(=O)[C@H](C)N. The molecule has 0 aliphatic rings. The van der Waals surface area contributed by atoms with Crippen LogP contribution in [0.5, 0.6) is 0 Å². The van der Waals surface area contributed by atoms with E-state index in [0.29, 0.717) is 6.42 Å². The predicted octanol–water partition coefficient (Wildman–Crippen LogP) is 0.000900. The van der Waals surface area contributed by atoms with Crippen molar-refractivity contribution in [3.63, 3.8) is 0 Å². The highest BCUT2D eigenvalue weighted by Gasteiger charge is 2.20. The van der Waals surface area contributed by atoms with Gasteiger partial charge >= 0.3 is 0 Å². The molecule has 78 valence electrons.